The maximum atomic E-state index is 2.27. The van der Waals surface area contributed by atoms with Gasteiger partial charge in [0.15, 0.2) is 0 Å². The van der Waals surface area contributed by atoms with Crippen LogP contribution in [0.4, 0.5) is 0 Å². The van der Waals surface area contributed by atoms with E-state index in [-0.39, 0.29) is 0 Å². The molecule has 0 saturated carbocycles. The van der Waals surface area contributed by atoms with Gasteiger partial charge in [-0.3, -0.25) is 0 Å². The van der Waals surface area contributed by atoms with E-state index in [9.17, 15) is 0 Å². The van der Waals surface area contributed by atoms with Crippen molar-refractivity contribution in [2.24, 2.45) is 0 Å². The molecule has 3 aromatic rings. The van der Waals surface area contributed by atoms with Gasteiger partial charge in [-0.1, -0.05) is 84.9 Å². The fourth-order valence-corrected chi connectivity index (χ4v) is 2.50. The molecule has 0 unspecified atom stereocenters. The van der Waals surface area contributed by atoms with E-state index in [1.54, 1.807) is 0 Å². The van der Waals surface area contributed by atoms with Crippen molar-refractivity contribution in [2.45, 2.75) is 12.8 Å². The Morgan fingerprint density at radius 2 is 1.45 bits per heavy atom. The summed E-state index contributed by atoms with van der Waals surface area (Å²) in [6.07, 6.45) is 6.69. The first kappa shape index (κ1) is 12.7. The average molecular weight is 258 g/mol. The monoisotopic (exact) mass is 258 g/mol. The maximum Gasteiger partial charge on any atom is -0.0112 e. The van der Waals surface area contributed by atoms with Crippen molar-refractivity contribution in [1.29, 1.82) is 0 Å². The Hall–Kier alpha value is -2.34. The van der Waals surface area contributed by atoms with Crippen LogP contribution in [-0.4, -0.2) is 0 Å². The highest BCUT2D eigenvalue weighted by atomic mass is 14.0. The second kappa shape index (κ2) is 6.21. The summed E-state index contributed by atoms with van der Waals surface area (Å²) in [5, 5.41) is 2.63. The van der Waals surface area contributed by atoms with Crippen molar-refractivity contribution < 1.29 is 0 Å². The van der Waals surface area contributed by atoms with Crippen LogP contribution < -0.4 is 0 Å². The van der Waals surface area contributed by atoms with Crippen LogP contribution in [0.25, 0.3) is 16.8 Å². The number of fused-ring (bicyclic) bond motifs is 1. The van der Waals surface area contributed by atoms with Crippen molar-refractivity contribution in [3.8, 4) is 0 Å². The summed E-state index contributed by atoms with van der Waals surface area (Å²) in [4.78, 5) is 0. The lowest BCUT2D eigenvalue weighted by Gasteiger charge is -2.02. The van der Waals surface area contributed by atoms with Gasteiger partial charge in [0.1, 0.15) is 0 Å². The molecule has 0 aliphatic heterocycles. The third kappa shape index (κ3) is 2.97. The highest BCUT2D eigenvalue weighted by molar-refractivity contribution is 5.90. The van der Waals surface area contributed by atoms with Gasteiger partial charge in [0.25, 0.3) is 0 Å². The predicted octanol–water partition coefficient (Wildman–Crippen LogP) is 5.49. The lowest BCUT2D eigenvalue weighted by atomic mass is 10.0. The first-order valence-corrected chi connectivity index (χ1v) is 7.12. The Morgan fingerprint density at radius 1 is 0.700 bits per heavy atom. The van der Waals surface area contributed by atoms with Crippen LogP contribution in [0.1, 0.15) is 17.5 Å². The highest BCUT2D eigenvalue weighted by Crippen LogP contribution is 2.19. The van der Waals surface area contributed by atoms with E-state index in [0.717, 1.165) is 12.8 Å². The van der Waals surface area contributed by atoms with Crippen LogP contribution >= 0.6 is 0 Å². The van der Waals surface area contributed by atoms with E-state index in [1.165, 1.54) is 21.9 Å². The van der Waals surface area contributed by atoms with E-state index in [2.05, 4.69) is 84.9 Å². The van der Waals surface area contributed by atoms with E-state index in [0.29, 0.717) is 0 Å². The number of hydrogen-bond acceptors (Lipinski definition) is 0. The lowest BCUT2D eigenvalue weighted by Crippen LogP contribution is -1.82. The van der Waals surface area contributed by atoms with Crippen molar-refractivity contribution >= 4 is 16.8 Å². The fourth-order valence-electron chi connectivity index (χ4n) is 2.50. The van der Waals surface area contributed by atoms with Gasteiger partial charge in [-0.05, 0) is 34.7 Å². The number of aryl methyl sites for hydroxylation is 1. The molecule has 0 aromatic heterocycles. The van der Waals surface area contributed by atoms with Crippen LogP contribution in [0.5, 0.6) is 0 Å². The molecule has 0 nitrogen and oxygen atoms in total. The standard InChI is InChI=1S/C20H18/c1-2-9-17(10-3-1)11-4-5-12-18-14-8-15-19-13-6-7-16-20(18)19/h1-3,5-10,12-16H,4,11H2/b12-5+. The van der Waals surface area contributed by atoms with Gasteiger partial charge in [0, 0.05) is 0 Å². The topological polar surface area (TPSA) is 0 Å². The minimum Gasteiger partial charge on any atom is -0.0836 e. The van der Waals surface area contributed by atoms with Gasteiger partial charge >= 0.3 is 0 Å². The summed E-state index contributed by atoms with van der Waals surface area (Å²) in [6.45, 7) is 0. The van der Waals surface area contributed by atoms with Crippen molar-refractivity contribution in [2.75, 3.05) is 0 Å². The Labute approximate surface area is 120 Å². The molecule has 98 valence electrons. The summed E-state index contributed by atoms with van der Waals surface area (Å²) in [5.74, 6) is 0. The summed E-state index contributed by atoms with van der Waals surface area (Å²) in [6, 6.07) is 25.6. The summed E-state index contributed by atoms with van der Waals surface area (Å²) < 4.78 is 0. The van der Waals surface area contributed by atoms with Crippen molar-refractivity contribution in [1.82, 2.24) is 0 Å². The van der Waals surface area contributed by atoms with E-state index in [4.69, 9.17) is 0 Å². The molecule has 20 heavy (non-hydrogen) atoms. The Kier molecular flexibility index (Phi) is 3.93. The Balaban J connectivity index is 1.72. The van der Waals surface area contributed by atoms with Gasteiger partial charge in [-0.15, -0.1) is 0 Å². The molecule has 0 heterocycles. The third-order valence-corrected chi connectivity index (χ3v) is 3.56. The number of rotatable bonds is 4. The molecule has 0 heteroatoms. The zero-order chi connectivity index (χ0) is 13.6. The Morgan fingerprint density at radius 3 is 2.35 bits per heavy atom. The number of hydrogen-bond donors (Lipinski definition) is 0. The molecule has 3 aromatic carbocycles. The van der Waals surface area contributed by atoms with E-state index in [1.807, 2.05) is 0 Å². The minimum absolute atomic E-state index is 1.08. The normalized spacial score (nSPS) is 11.2. The summed E-state index contributed by atoms with van der Waals surface area (Å²) >= 11 is 0. The smallest absolute Gasteiger partial charge is 0.0112 e. The molecule has 0 aliphatic carbocycles. The summed E-state index contributed by atoms with van der Waals surface area (Å²) in [5.41, 5.74) is 2.70. The van der Waals surface area contributed by atoms with Gasteiger partial charge in [-0.2, -0.15) is 0 Å². The van der Waals surface area contributed by atoms with Gasteiger partial charge in [0.2, 0.25) is 0 Å². The maximum absolute atomic E-state index is 2.27. The largest absolute Gasteiger partial charge is 0.0836 e. The molecule has 0 saturated heterocycles. The van der Waals surface area contributed by atoms with Crippen LogP contribution in [0.15, 0.2) is 78.9 Å². The molecular weight excluding hydrogens is 240 g/mol. The van der Waals surface area contributed by atoms with Crippen molar-refractivity contribution in [3.63, 3.8) is 0 Å². The van der Waals surface area contributed by atoms with Crippen molar-refractivity contribution in [3.05, 3.63) is 90.0 Å². The van der Waals surface area contributed by atoms with E-state index >= 15 is 0 Å². The van der Waals surface area contributed by atoms with Crippen LogP contribution in [0.2, 0.25) is 0 Å². The molecule has 0 radical (unpaired) electrons. The number of allylic oxidation sites excluding steroid dienone is 1. The zero-order valence-electron chi connectivity index (χ0n) is 11.5. The Bertz CT molecular complexity index is 703. The highest BCUT2D eigenvalue weighted by Gasteiger charge is 1.96. The molecule has 0 spiro atoms. The summed E-state index contributed by atoms with van der Waals surface area (Å²) in [7, 11) is 0. The van der Waals surface area contributed by atoms with Crippen LogP contribution in [0.3, 0.4) is 0 Å². The fraction of sp³-hybridized carbons (Fsp3) is 0.100. The molecule has 0 N–H and O–H groups in total. The van der Waals surface area contributed by atoms with Crippen LogP contribution in [-0.2, 0) is 6.42 Å². The zero-order valence-corrected chi connectivity index (χ0v) is 11.5. The molecular formula is C20H18. The lowest BCUT2D eigenvalue weighted by molar-refractivity contribution is 1.01. The quantitative estimate of drug-likeness (QED) is 0.580. The SMILES string of the molecule is C(=C\c1cccc2ccccc12)/CCc1ccccc1. The molecule has 0 aliphatic rings. The second-order valence-corrected chi connectivity index (χ2v) is 5.00. The van der Waals surface area contributed by atoms with Gasteiger partial charge in [0.05, 0.1) is 0 Å². The average Bonchev–Trinajstić information content (AvgIpc) is 2.53. The van der Waals surface area contributed by atoms with Gasteiger partial charge in [-0.25, -0.2) is 0 Å². The first-order chi connectivity index (χ1) is 9.93. The number of benzene rings is 3. The molecule has 0 fully saturated rings. The molecule has 0 bridgehead atoms. The molecule has 0 amide bonds. The van der Waals surface area contributed by atoms with Gasteiger partial charge < -0.3 is 0 Å². The second-order valence-electron chi connectivity index (χ2n) is 5.00. The molecule has 3 rings (SSSR count). The van der Waals surface area contributed by atoms with E-state index < -0.39 is 0 Å². The predicted molar refractivity (Wildman–Crippen MR) is 87.7 cm³/mol. The van der Waals surface area contributed by atoms with Crippen LogP contribution in [0, 0.1) is 0 Å². The minimum atomic E-state index is 1.08. The third-order valence-electron chi connectivity index (χ3n) is 3.56. The first-order valence-electron chi connectivity index (χ1n) is 7.12. The molecule has 0 atom stereocenters.